The van der Waals surface area contributed by atoms with Crippen molar-refractivity contribution in [1.82, 2.24) is 0 Å². The molecule has 6 unspecified atom stereocenters. The van der Waals surface area contributed by atoms with Crippen molar-refractivity contribution >= 4 is 0 Å². The van der Waals surface area contributed by atoms with Crippen LogP contribution in [0.5, 0.6) is 0 Å². The van der Waals surface area contributed by atoms with Crippen LogP contribution in [0.2, 0.25) is 0 Å². The lowest BCUT2D eigenvalue weighted by atomic mass is 9.46. The third-order valence-electron chi connectivity index (χ3n) is 8.09. The molecule has 20 heavy (non-hydrogen) atoms. The first-order valence-electron chi connectivity index (χ1n) is 8.95. The fraction of sp³-hybridized carbons (Fsp3) is 0.895. The topological polar surface area (TPSA) is 20.2 Å². The van der Waals surface area contributed by atoms with Gasteiger partial charge in [0.1, 0.15) is 0 Å². The van der Waals surface area contributed by atoms with Crippen LogP contribution in [-0.2, 0) is 0 Å². The van der Waals surface area contributed by atoms with E-state index in [2.05, 4.69) is 19.9 Å². The van der Waals surface area contributed by atoms with Gasteiger partial charge in [-0.2, -0.15) is 0 Å². The second-order valence-corrected chi connectivity index (χ2v) is 8.69. The van der Waals surface area contributed by atoms with Gasteiger partial charge in [0.25, 0.3) is 0 Å². The third-order valence-corrected chi connectivity index (χ3v) is 8.09. The van der Waals surface area contributed by atoms with Crippen LogP contribution in [0.15, 0.2) is 11.8 Å². The Hall–Kier alpha value is -0.460. The van der Waals surface area contributed by atoms with Gasteiger partial charge in [-0.3, -0.25) is 0 Å². The minimum Gasteiger partial charge on any atom is -0.512 e. The summed E-state index contributed by atoms with van der Waals surface area (Å²) in [6.07, 6.45) is 14.5. The maximum atomic E-state index is 10.7. The molecule has 0 aromatic carbocycles. The lowest BCUT2D eigenvalue weighted by molar-refractivity contribution is -0.0895. The molecule has 0 aliphatic heterocycles. The molecule has 0 spiro atoms. The van der Waals surface area contributed by atoms with Crippen molar-refractivity contribution < 1.29 is 5.11 Å². The summed E-state index contributed by atoms with van der Waals surface area (Å²) in [5, 5.41) is 10.7. The Labute approximate surface area is 123 Å². The number of hydrogen-bond acceptors (Lipinski definition) is 1. The maximum absolute atomic E-state index is 10.7. The Morgan fingerprint density at radius 1 is 1.00 bits per heavy atom. The van der Waals surface area contributed by atoms with Crippen LogP contribution in [0.1, 0.15) is 71.6 Å². The highest BCUT2D eigenvalue weighted by atomic mass is 16.3. The molecule has 1 heteroatoms. The fourth-order valence-corrected chi connectivity index (χ4v) is 6.91. The molecule has 112 valence electrons. The van der Waals surface area contributed by atoms with Crippen LogP contribution in [0.25, 0.3) is 0 Å². The van der Waals surface area contributed by atoms with Crippen LogP contribution in [-0.4, -0.2) is 5.11 Å². The minimum absolute atomic E-state index is 0.116. The van der Waals surface area contributed by atoms with Crippen molar-refractivity contribution in [3.05, 3.63) is 11.8 Å². The van der Waals surface area contributed by atoms with Crippen LogP contribution in [0, 0.1) is 34.5 Å². The SMILES string of the molecule is CC12CCCC1C1CCC3CCC=C(O)C3(C)C1CC2. The van der Waals surface area contributed by atoms with E-state index in [0.29, 0.717) is 5.41 Å². The van der Waals surface area contributed by atoms with Crippen molar-refractivity contribution in [2.45, 2.75) is 71.6 Å². The number of hydrogen-bond donors (Lipinski definition) is 1. The van der Waals surface area contributed by atoms with Crippen molar-refractivity contribution in [3.63, 3.8) is 0 Å². The van der Waals surface area contributed by atoms with Gasteiger partial charge in [0.05, 0.1) is 5.76 Å². The molecule has 3 fully saturated rings. The summed E-state index contributed by atoms with van der Waals surface area (Å²) in [5.74, 6) is 4.11. The van der Waals surface area contributed by atoms with Gasteiger partial charge in [-0.1, -0.05) is 20.3 Å². The van der Waals surface area contributed by atoms with E-state index in [1.54, 1.807) is 0 Å². The molecular weight excluding hydrogens is 244 g/mol. The van der Waals surface area contributed by atoms with Gasteiger partial charge in [-0.15, -0.1) is 0 Å². The molecule has 4 rings (SSSR count). The Balaban J connectivity index is 1.71. The lowest BCUT2D eigenvalue weighted by Crippen LogP contribution is -2.52. The van der Waals surface area contributed by atoms with E-state index in [0.717, 1.165) is 35.9 Å². The van der Waals surface area contributed by atoms with E-state index in [1.807, 2.05) is 0 Å². The fourth-order valence-electron chi connectivity index (χ4n) is 6.91. The second-order valence-electron chi connectivity index (χ2n) is 8.69. The van der Waals surface area contributed by atoms with Crippen molar-refractivity contribution in [1.29, 1.82) is 0 Å². The zero-order valence-corrected chi connectivity index (χ0v) is 13.2. The molecule has 0 heterocycles. The van der Waals surface area contributed by atoms with E-state index in [4.69, 9.17) is 0 Å². The molecule has 0 aromatic heterocycles. The Kier molecular flexibility index (Phi) is 2.82. The molecule has 3 saturated carbocycles. The molecule has 4 aliphatic carbocycles. The molecule has 0 aromatic rings. The molecule has 4 aliphatic rings. The van der Waals surface area contributed by atoms with Crippen molar-refractivity contribution in [3.8, 4) is 0 Å². The van der Waals surface area contributed by atoms with Gasteiger partial charge in [0, 0.05) is 5.41 Å². The van der Waals surface area contributed by atoms with Crippen molar-refractivity contribution in [2.75, 3.05) is 0 Å². The molecular formula is C19H30O. The Morgan fingerprint density at radius 3 is 2.70 bits per heavy atom. The molecule has 6 atom stereocenters. The molecule has 0 radical (unpaired) electrons. The number of rotatable bonds is 0. The predicted octanol–water partition coefficient (Wildman–Crippen LogP) is 5.47. The molecule has 1 nitrogen and oxygen atoms in total. The summed E-state index contributed by atoms with van der Waals surface area (Å²) in [5.41, 5.74) is 0.753. The first-order valence-corrected chi connectivity index (χ1v) is 8.95. The van der Waals surface area contributed by atoms with E-state index in [1.165, 1.54) is 51.4 Å². The van der Waals surface area contributed by atoms with Crippen molar-refractivity contribution in [2.24, 2.45) is 34.5 Å². The maximum Gasteiger partial charge on any atom is 0.0947 e. The first kappa shape index (κ1) is 13.2. The second kappa shape index (κ2) is 4.27. The third kappa shape index (κ3) is 1.56. The molecule has 1 N–H and O–H groups in total. The Bertz CT molecular complexity index is 439. The molecule has 0 saturated heterocycles. The predicted molar refractivity (Wildman–Crippen MR) is 82.4 cm³/mol. The van der Waals surface area contributed by atoms with Gasteiger partial charge in [0.2, 0.25) is 0 Å². The minimum atomic E-state index is 0.116. The number of allylic oxidation sites excluding steroid dienone is 2. The summed E-state index contributed by atoms with van der Waals surface area (Å²) < 4.78 is 0. The average Bonchev–Trinajstić information content (AvgIpc) is 2.82. The smallest absolute Gasteiger partial charge is 0.0947 e. The lowest BCUT2D eigenvalue weighted by Gasteiger charge is -2.59. The highest BCUT2D eigenvalue weighted by Gasteiger charge is 2.58. The summed E-state index contributed by atoms with van der Waals surface area (Å²) in [4.78, 5) is 0. The number of fused-ring (bicyclic) bond motifs is 5. The number of aliphatic hydroxyl groups is 1. The van der Waals surface area contributed by atoms with Crippen LogP contribution in [0.4, 0.5) is 0 Å². The van der Waals surface area contributed by atoms with E-state index in [9.17, 15) is 5.11 Å². The van der Waals surface area contributed by atoms with Crippen LogP contribution in [0.3, 0.4) is 0 Å². The largest absolute Gasteiger partial charge is 0.512 e. The van der Waals surface area contributed by atoms with E-state index in [-0.39, 0.29) is 5.41 Å². The van der Waals surface area contributed by atoms with Crippen LogP contribution >= 0.6 is 0 Å². The highest BCUT2D eigenvalue weighted by molar-refractivity contribution is 5.18. The normalized spacial score (nSPS) is 54.6. The zero-order valence-electron chi connectivity index (χ0n) is 13.2. The molecule has 0 bridgehead atoms. The van der Waals surface area contributed by atoms with Crippen LogP contribution < -0.4 is 0 Å². The summed E-state index contributed by atoms with van der Waals surface area (Å²) in [7, 11) is 0. The summed E-state index contributed by atoms with van der Waals surface area (Å²) in [6.45, 7) is 4.96. The number of aliphatic hydroxyl groups excluding tert-OH is 1. The van der Waals surface area contributed by atoms with Gasteiger partial charge in [-0.25, -0.2) is 0 Å². The summed E-state index contributed by atoms with van der Waals surface area (Å²) in [6, 6.07) is 0. The van der Waals surface area contributed by atoms with E-state index >= 15 is 0 Å². The highest BCUT2D eigenvalue weighted by Crippen LogP contribution is 2.66. The molecule has 0 amide bonds. The monoisotopic (exact) mass is 274 g/mol. The van der Waals surface area contributed by atoms with Gasteiger partial charge in [-0.05, 0) is 86.5 Å². The summed E-state index contributed by atoms with van der Waals surface area (Å²) >= 11 is 0. The van der Waals surface area contributed by atoms with Gasteiger partial charge in [0.15, 0.2) is 0 Å². The zero-order chi connectivity index (χ0) is 14.0. The Morgan fingerprint density at radius 2 is 1.85 bits per heavy atom. The van der Waals surface area contributed by atoms with Gasteiger partial charge < -0.3 is 5.11 Å². The van der Waals surface area contributed by atoms with Gasteiger partial charge >= 0.3 is 0 Å². The van der Waals surface area contributed by atoms with E-state index < -0.39 is 0 Å². The first-order chi connectivity index (χ1) is 9.56. The average molecular weight is 274 g/mol. The quantitative estimate of drug-likeness (QED) is 0.621. The standard InChI is InChI=1S/C19H30O/c1-18-11-4-6-15(18)14-9-8-13-5-3-7-17(20)19(13,2)16(14)10-12-18/h7,13-16,20H,3-6,8-12H2,1-2H3.